The van der Waals surface area contributed by atoms with Crippen molar-refractivity contribution in [1.82, 2.24) is 23.9 Å². The van der Waals surface area contributed by atoms with E-state index in [2.05, 4.69) is 10.1 Å². The predicted molar refractivity (Wildman–Crippen MR) is 69.8 cm³/mol. The third-order valence-corrected chi connectivity index (χ3v) is 2.90. The summed E-state index contributed by atoms with van der Waals surface area (Å²) >= 11 is 0. The smallest absolute Gasteiger partial charge is 0.331 e. The van der Waals surface area contributed by atoms with Gasteiger partial charge in [-0.2, -0.15) is 5.10 Å². The zero-order valence-corrected chi connectivity index (χ0v) is 10.9. The number of aromatic nitrogens is 5. The van der Waals surface area contributed by atoms with Crippen molar-refractivity contribution in [2.75, 3.05) is 5.73 Å². The number of rotatable bonds is 4. The average molecular weight is 264 g/mol. The van der Waals surface area contributed by atoms with Gasteiger partial charge in [0, 0.05) is 19.3 Å². The molecule has 0 unspecified atom stereocenters. The number of anilines is 1. The van der Waals surface area contributed by atoms with Gasteiger partial charge < -0.3 is 5.73 Å². The van der Waals surface area contributed by atoms with Crippen LogP contribution in [0.2, 0.25) is 0 Å². The van der Waals surface area contributed by atoms with Crippen LogP contribution in [0.4, 0.5) is 5.69 Å². The number of nitrogens with two attached hydrogens (primary N) is 1. The molecule has 8 heteroatoms. The maximum atomic E-state index is 12.1. The summed E-state index contributed by atoms with van der Waals surface area (Å²) in [6.45, 7) is 4.85. The van der Waals surface area contributed by atoms with E-state index in [4.69, 9.17) is 5.73 Å². The summed E-state index contributed by atoms with van der Waals surface area (Å²) in [6.07, 6.45) is 2.76. The topological polar surface area (TPSA) is 101 Å². The van der Waals surface area contributed by atoms with Gasteiger partial charge >= 0.3 is 5.69 Å². The van der Waals surface area contributed by atoms with Crippen molar-refractivity contribution in [3.05, 3.63) is 39.2 Å². The molecule has 0 amide bonds. The number of nitrogens with zero attached hydrogens (tertiary/aromatic N) is 5. The summed E-state index contributed by atoms with van der Waals surface area (Å²) in [4.78, 5) is 28.1. The molecule has 0 radical (unpaired) electrons. The van der Waals surface area contributed by atoms with Crippen LogP contribution in [0.5, 0.6) is 0 Å². The van der Waals surface area contributed by atoms with Crippen LogP contribution in [-0.2, 0) is 19.6 Å². The summed E-state index contributed by atoms with van der Waals surface area (Å²) in [5, 5.41) is 4.01. The van der Waals surface area contributed by atoms with Crippen LogP contribution in [0.25, 0.3) is 0 Å². The molecule has 0 bridgehead atoms. The van der Waals surface area contributed by atoms with Gasteiger partial charge in [0.15, 0.2) is 0 Å². The fourth-order valence-electron chi connectivity index (χ4n) is 1.86. The fourth-order valence-corrected chi connectivity index (χ4v) is 1.86. The second-order valence-corrected chi connectivity index (χ2v) is 4.04. The highest BCUT2D eigenvalue weighted by Crippen LogP contribution is 1.97. The molecule has 0 aromatic carbocycles. The molecule has 8 nitrogen and oxygen atoms in total. The standard InChI is InChI=1S/C11H16N6O2/c1-3-15-5-8(12)10(18)16(11(15)19)6-9-13-7-14-17(9)4-2/h5,7H,3-4,6,12H2,1-2H3. The van der Waals surface area contributed by atoms with E-state index in [0.29, 0.717) is 18.9 Å². The zero-order valence-electron chi connectivity index (χ0n) is 10.9. The van der Waals surface area contributed by atoms with Crippen LogP contribution < -0.4 is 17.0 Å². The van der Waals surface area contributed by atoms with Crippen LogP contribution in [0.1, 0.15) is 19.7 Å². The van der Waals surface area contributed by atoms with E-state index in [9.17, 15) is 9.59 Å². The first-order chi connectivity index (χ1) is 9.08. The molecule has 102 valence electrons. The van der Waals surface area contributed by atoms with Gasteiger partial charge in [-0.1, -0.05) is 0 Å². The van der Waals surface area contributed by atoms with Gasteiger partial charge in [-0.25, -0.2) is 14.5 Å². The lowest BCUT2D eigenvalue weighted by atomic mass is 10.4. The highest BCUT2D eigenvalue weighted by Gasteiger charge is 2.12. The van der Waals surface area contributed by atoms with E-state index in [-0.39, 0.29) is 12.2 Å². The molecule has 2 aromatic heterocycles. The van der Waals surface area contributed by atoms with Crippen LogP contribution in [0.3, 0.4) is 0 Å². The summed E-state index contributed by atoms with van der Waals surface area (Å²) < 4.78 is 4.10. The largest absolute Gasteiger partial charge is 0.393 e. The second-order valence-electron chi connectivity index (χ2n) is 4.04. The minimum Gasteiger partial charge on any atom is -0.393 e. The minimum absolute atomic E-state index is 0.0454. The van der Waals surface area contributed by atoms with Gasteiger partial charge in [-0.15, -0.1) is 0 Å². The highest BCUT2D eigenvalue weighted by atomic mass is 16.2. The Morgan fingerprint density at radius 1 is 1.26 bits per heavy atom. The molecule has 0 atom stereocenters. The first-order valence-corrected chi connectivity index (χ1v) is 6.04. The van der Waals surface area contributed by atoms with Crippen LogP contribution in [0.15, 0.2) is 22.1 Å². The van der Waals surface area contributed by atoms with Gasteiger partial charge in [0.2, 0.25) is 0 Å². The van der Waals surface area contributed by atoms with E-state index >= 15 is 0 Å². The number of nitrogen functional groups attached to an aromatic ring is 1. The van der Waals surface area contributed by atoms with Crippen molar-refractivity contribution in [2.24, 2.45) is 0 Å². The lowest BCUT2D eigenvalue weighted by Gasteiger charge is -2.10. The molecular weight excluding hydrogens is 248 g/mol. The maximum absolute atomic E-state index is 12.1. The van der Waals surface area contributed by atoms with E-state index in [0.717, 1.165) is 4.57 Å². The lowest BCUT2D eigenvalue weighted by Crippen LogP contribution is -2.41. The van der Waals surface area contributed by atoms with E-state index in [1.165, 1.54) is 17.1 Å². The van der Waals surface area contributed by atoms with Crippen molar-refractivity contribution in [2.45, 2.75) is 33.5 Å². The summed E-state index contributed by atoms with van der Waals surface area (Å²) in [5.41, 5.74) is 4.78. The van der Waals surface area contributed by atoms with Crippen molar-refractivity contribution >= 4 is 5.69 Å². The Morgan fingerprint density at radius 2 is 2.00 bits per heavy atom. The maximum Gasteiger partial charge on any atom is 0.331 e. The molecule has 0 aliphatic heterocycles. The molecule has 2 heterocycles. The lowest BCUT2D eigenvalue weighted by molar-refractivity contribution is 0.549. The third-order valence-electron chi connectivity index (χ3n) is 2.90. The SMILES string of the molecule is CCn1ncnc1Cn1c(=O)c(N)cn(CC)c1=O. The Labute approximate surface area is 109 Å². The Balaban J connectivity index is 2.54. The second kappa shape index (κ2) is 5.09. The third kappa shape index (κ3) is 2.28. The van der Waals surface area contributed by atoms with E-state index in [1.807, 2.05) is 13.8 Å². The Hall–Kier alpha value is -2.38. The highest BCUT2D eigenvalue weighted by molar-refractivity contribution is 5.31. The van der Waals surface area contributed by atoms with Crippen molar-refractivity contribution in [1.29, 1.82) is 0 Å². The quantitative estimate of drug-likeness (QED) is 0.784. The Morgan fingerprint density at radius 3 is 2.63 bits per heavy atom. The molecule has 0 saturated carbocycles. The van der Waals surface area contributed by atoms with Crippen LogP contribution in [0, 0.1) is 0 Å². The molecule has 2 aromatic rings. The van der Waals surface area contributed by atoms with Gasteiger partial charge in [0.1, 0.15) is 17.8 Å². The zero-order chi connectivity index (χ0) is 14.0. The summed E-state index contributed by atoms with van der Waals surface area (Å²) in [6, 6.07) is 0. The molecule has 0 fully saturated rings. The van der Waals surface area contributed by atoms with Crippen molar-refractivity contribution < 1.29 is 0 Å². The molecule has 19 heavy (non-hydrogen) atoms. The molecule has 0 spiro atoms. The Kier molecular flexibility index (Phi) is 3.50. The fraction of sp³-hybridized carbons (Fsp3) is 0.455. The first kappa shape index (κ1) is 13.1. The monoisotopic (exact) mass is 264 g/mol. The van der Waals surface area contributed by atoms with Gasteiger partial charge in [0.25, 0.3) is 5.56 Å². The van der Waals surface area contributed by atoms with Crippen molar-refractivity contribution in [3.63, 3.8) is 0 Å². The molecule has 0 aliphatic carbocycles. The van der Waals surface area contributed by atoms with Gasteiger partial charge in [0.05, 0.1) is 6.54 Å². The Bertz CT molecular complexity index is 696. The molecule has 2 rings (SSSR count). The average Bonchev–Trinajstić information content (AvgIpc) is 2.86. The summed E-state index contributed by atoms with van der Waals surface area (Å²) in [7, 11) is 0. The predicted octanol–water partition coefficient (Wildman–Crippen LogP) is -0.728. The number of hydrogen-bond acceptors (Lipinski definition) is 5. The molecule has 0 saturated heterocycles. The molecule has 0 aliphatic rings. The molecular formula is C11H16N6O2. The van der Waals surface area contributed by atoms with Gasteiger partial charge in [-0.3, -0.25) is 13.9 Å². The number of hydrogen-bond donors (Lipinski definition) is 1. The minimum atomic E-state index is -0.500. The van der Waals surface area contributed by atoms with Crippen LogP contribution >= 0.6 is 0 Å². The number of aryl methyl sites for hydroxylation is 2. The van der Waals surface area contributed by atoms with E-state index < -0.39 is 11.2 Å². The normalized spacial score (nSPS) is 10.8. The van der Waals surface area contributed by atoms with Crippen molar-refractivity contribution in [3.8, 4) is 0 Å². The molecule has 2 N–H and O–H groups in total. The first-order valence-electron chi connectivity index (χ1n) is 6.04. The van der Waals surface area contributed by atoms with E-state index in [1.54, 1.807) is 4.68 Å². The van der Waals surface area contributed by atoms with Gasteiger partial charge in [-0.05, 0) is 13.8 Å². The summed E-state index contributed by atoms with van der Waals surface area (Å²) in [5.74, 6) is 0.551. The van der Waals surface area contributed by atoms with Crippen LogP contribution in [-0.4, -0.2) is 23.9 Å².